The van der Waals surface area contributed by atoms with Crippen LogP contribution in [0, 0.1) is 6.92 Å². The van der Waals surface area contributed by atoms with Crippen LogP contribution in [0.2, 0.25) is 0 Å². The molecule has 7 heteroatoms. The van der Waals surface area contributed by atoms with Gasteiger partial charge in [0.05, 0.1) is 0 Å². The molecule has 0 bridgehead atoms. The van der Waals surface area contributed by atoms with E-state index in [2.05, 4.69) is 22.4 Å². The summed E-state index contributed by atoms with van der Waals surface area (Å²) >= 11 is 0. The molecule has 162 valence electrons. The first-order chi connectivity index (χ1) is 16.1. The van der Waals surface area contributed by atoms with Gasteiger partial charge in [0.25, 0.3) is 0 Å². The van der Waals surface area contributed by atoms with E-state index in [1.165, 1.54) is 0 Å². The number of nitrogens with zero attached hydrogens (tertiary/aromatic N) is 4. The Morgan fingerprint density at radius 2 is 1.79 bits per heavy atom. The lowest BCUT2D eigenvalue weighted by Crippen LogP contribution is -2.15. The van der Waals surface area contributed by atoms with Gasteiger partial charge >= 0.3 is 0 Å². The summed E-state index contributed by atoms with van der Waals surface area (Å²) < 4.78 is 1.83. The van der Waals surface area contributed by atoms with Gasteiger partial charge in [-0.2, -0.15) is 0 Å². The summed E-state index contributed by atoms with van der Waals surface area (Å²) in [6, 6.07) is 21.4. The monoisotopic (exact) mass is 434 g/mol. The highest BCUT2D eigenvalue weighted by Gasteiger charge is 2.16. The molecule has 33 heavy (non-hydrogen) atoms. The molecule has 5 aromatic rings. The van der Waals surface area contributed by atoms with Gasteiger partial charge in [0.15, 0.2) is 11.6 Å². The van der Waals surface area contributed by atoms with Crippen LogP contribution in [0.1, 0.15) is 21.5 Å². The van der Waals surface area contributed by atoms with Crippen molar-refractivity contribution < 1.29 is 4.79 Å². The fraction of sp³-hybridized carbons (Fsp3) is 0.0769. The lowest BCUT2D eigenvalue weighted by Gasteiger charge is -2.13. The summed E-state index contributed by atoms with van der Waals surface area (Å²) in [6.07, 6.45) is 5.47. The minimum atomic E-state index is -0.459. The lowest BCUT2D eigenvalue weighted by atomic mass is 10.1. The molecule has 0 saturated heterocycles. The minimum Gasteiger partial charge on any atom is -0.366 e. The van der Waals surface area contributed by atoms with Gasteiger partial charge in [-0.3, -0.25) is 9.78 Å². The predicted molar refractivity (Wildman–Crippen MR) is 129 cm³/mol. The van der Waals surface area contributed by atoms with Gasteiger partial charge in [-0.15, -0.1) is 5.10 Å². The van der Waals surface area contributed by atoms with Crippen LogP contribution in [0.25, 0.3) is 28.0 Å². The quantitative estimate of drug-likeness (QED) is 0.411. The van der Waals surface area contributed by atoms with Gasteiger partial charge in [0.1, 0.15) is 5.52 Å². The van der Waals surface area contributed by atoms with Gasteiger partial charge in [-0.1, -0.05) is 48.5 Å². The molecule has 3 heterocycles. The van der Waals surface area contributed by atoms with Crippen LogP contribution in [0.5, 0.6) is 0 Å². The minimum absolute atomic E-state index is 0.386. The molecule has 0 atom stereocenters. The third-order valence-corrected chi connectivity index (χ3v) is 5.46. The first-order valence-corrected chi connectivity index (χ1v) is 10.6. The molecule has 0 radical (unpaired) electrons. The Hall–Kier alpha value is -4.52. The Balaban J connectivity index is 1.64. The predicted octanol–water partition coefficient (Wildman–Crippen LogP) is 4.48. The van der Waals surface area contributed by atoms with Crippen molar-refractivity contribution in [1.82, 2.24) is 19.6 Å². The second-order valence-electron chi connectivity index (χ2n) is 7.80. The van der Waals surface area contributed by atoms with Crippen molar-refractivity contribution in [1.29, 1.82) is 0 Å². The van der Waals surface area contributed by atoms with Gasteiger partial charge in [-0.25, -0.2) is 9.50 Å². The van der Waals surface area contributed by atoms with Crippen molar-refractivity contribution in [3.05, 3.63) is 102 Å². The molecular formula is C26H22N6O. The van der Waals surface area contributed by atoms with Crippen LogP contribution in [-0.2, 0) is 6.54 Å². The van der Waals surface area contributed by atoms with Crippen LogP contribution in [-0.4, -0.2) is 25.5 Å². The number of pyridine rings is 1. The van der Waals surface area contributed by atoms with Crippen LogP contribution in [0.3, 0.4) is 0 Å². The molecule has 7 nitrogen and oxygen atoms in total. The molecule has 0 aliphatic heterocycles. The smallest absolute Gasteiger partial charge is 0.249 e. The number of nitrogens with one attached hydrogen (secondary N) is 1. The fourth-order valence-corrected chi connectivity index (χ4v) is 3.89. The van der Waals surface area contributed by atoms with Gasteiger partial charge in [-0.05, 0) is 41.8 Å². The first-order valence-electron chi connectivity index (χ1n) is 10.6. The van der Waals surface area contributed by atoms with Crippen molar-refractivity contribution in [2.24, 2.45) is 5.73 Å². The zero-order valence-corrected chi connectivity index (χ0v) is 18.1. The average molecular weight is 435 g/mol. The zero-order chi connectivity index (χ0) is 22.8. The number of aryl methyl sites for hydroxylation is 1. The van der Waals surface area contributed by atoms with E-state index in [0.717, 1.165) is 33.3 Å². The second-order valence-corrected chi connectivity index (χ2v) is 7.80. The summed E-state index contributed by atoms with van der Waals surface area (Å²) in [5, 5.41) is 8.17. The first kappa shape index (κ1) is 20.4. The molecule has 2 aromatic carbocycles. The molecule has 3 N–H and O–H groups in total. The number of aromatic nitrogens is 4. The van der Waals surface area contributed by atoms with Crippen molar-refractivity contribution >= 4 is 17.2 Å². The molecule has 0 saturated carbocycles. The number of amides is 1. The summed E-state index contributed by atoms with van der Waals surface area (Å²) in [7, 11) is 0. The van der Waals surface area contributed by atoms with E-state index in [-0.39, 0.29) is 0 Å². The molecule has 0 spiro atoms. The normalized spacial score (nSPS) is 10.9. The van der Waals surface area contributed by atoms with E-state index in [4.69, 9.17) is 15.8 Å². The van der Waals surface area contributed by atoms with E-state index in [1.807, 2.05) is 60.1 Å². The number of carbonyl (C=O) groups is 1. The van der Waals surface area contributed by atoms with Gasteiger partial charge < -0.3 is 11.1 Å². The molecule has 0 fully saturated rings. The summed E-state index contributed by atoms with van der Waals surface area (Å²) in [6.45, 7) is 2.37. The van der Waals surface area contributed by atoms with Crippen molar-refractivity contribution in [2.75, 3.05) is 5.32 Å². The number of fused-ring (bicyclic) bond motifs is 1. The Morgan fingerprint density at radius 3 is 2.58 bits per heavy atom. The SMILES string of the molecule is Cc1cncc(-c2nc(NCc3ccccc3C(N)=O)c3c(-c4ccccc4)ccn3n2)c1. The molecule has 5 rings (SSSR count). The van der Waals surface area contributed by atoms with Crippen LogP contribution < -0.4 is 11.1 Å². The van der Waals surface area contributed by atoms with E-state index in [1.54, 1.807) is 24.5 Å². The summed E-state index contributed by atoms with van der Waals surface area (Å²) in [5.41, 5.74) is 11.6. The fourth-order valence-electron chi connectivity index (χ4n) is 3.89. The number of primary amides is 1. The van der Waals surface area contributed by atoms with E-state index in [9.17, 15) is 4.79 Å². The topological polar surface area (TPSA) is 98.2 Å². The standard InChI is InChI=1S/C26H22N6O/c1-17-13-20(15-28-14-17)25-30-26(29-16-19-9-5-6-10-22(19)24(27)33)23-21(11-12-32(23)31-25)18-7-3-2-4-8-18/h2-15H,16H2,1H3,(H2,27,33)(H,29,30,31). The van der Waals surface area contributed by atoms with Crippen molar-refractivity contribution in [2.45, 2.75) is 13.5 Å². The number of nitrogens with two attached hydrogens (primary N) is 1. The molecule has 1 amide bonds. The maximum Gasteiger partial charge on any atom is 0.249 e. The van der Waals surface area contributed by atoms with Crippen LogP contribution >= 0.6 is 0 Å². The molecular weight excluding hydrogens is 412 g/mol. The Bertz CT molecular complexity index is 1460. The highest BCUT2D eigenvalue weighted by molar-refractivity contribution is 5.94. The van der Waals surface area contributed by atoms with E-state index in [0.29, 0.717) is 23.8 Å². The maximum absolute atomic E-state index is 11.9. The maximum atomic E-state index is 11.9. The number of benzene rings is 2. The molecule has 0 aliphatic rings. The Kier molecular flexibility index (Phi) is 5.28. The van der Waals surface area contributed by atoms with Crippen LogP contribution in [0.4, 0.5) is 5.82 Å². The lowest BCUT2D eigenvalue weighted by molar-refractivity contribution is 0.0999. The Morgan fingerprint density at radius 1 is 1.00 bits per heavy atom. The largest absolute Gasteiger partial charge is 0.366 e. The third-order valence-electron chi connectivity index (χ3n) is 5.46. The number of rotatable bonds is 6. The number of anilines is 1. The highest BCUT2D eigenvalue weighted by Crippen LogP contribution is 2.31. The average Bonchev–Trinajstić information content (AvgIpc) is 3.27. The zero-order valence-electron chi connectivity index (χ0n) is 18.1. The highest BCUT2D eigenvalue weighted by atomic mass is 16.1. The van der Waals surface area contributed by atoms with E-state index >= 15 is 0 Å². The number of carbonyl (C=O) groups excluding carboxylic acids is 1. The number of hydrogen-bond donors (Lipinski definition) is 2. The summed E-state index contributed by atoms with van der Waals surface area (Å²) in [4.78, 5) is 21.0. The Labute approximate surface area is 190 Å². The molecule has 0 aliphatic carbocycles. The van der Waals surface area contributed by atoms with Gasteiger partial charge in [0.2, 0.25) is 5.91 Å². The molecule has 3 aromatic heterocycles. The van der Waals surface area contributed by atoms with Crippen molar-refractivity contribution in [3.63, 3.8) is 0 Å². The van der Waals surface area contributed by atoms with Crippen molar-refractivity contribution in [3.8, 4) is 22.5 Å². The van der Waals surface area contributed by atoms with E-state index < -0.39 is 5.91 Å². The second kappa shape index (κ2) is 8.55. The summed E-state index contributed by atoms with van der Waals surface area (Å²) in [5.74, 6) is 0.753. The molecule has 0 unspecified atom stereocenters. The van der Waals surface area contributed by atoms with Gasteiger partial charge in [0, 0.05) is 41.8 Å². The number of hydrogen-bond acceptors (Lipinski definition) is 5. The third kappa shape index (κ3) is 4.04. The van der Waals surface area contributed by atoms with Crippen LogP contribution in [0.15, 0.2) is 85.3 Å².